The summed E-state index contributed by atoms with van der Waals surface area (Å²) in [4.78, 5) is 22.7. The van der Waals surface area contributed by atoms with Gasteiger partial charge in [-0.05, 0) is 26.3 Å². The molecular formula is C21H48N2O2. The number of nitrogens with two attached hydrogens (primary N) is 1. The maximum absolute atomic E-state index is 10.7. The van der Waals surface area contributed by atoms with Gasteiger partial charge in [0.1, 0.15) is 5.78 Å². The number of hydrogen-bond acceptors (Lipinski definition) is 3. The fraction of sp³-hybridized carbons (Fsp3) is 0.905. The van der Waals surface area contributed by atoms with Gasteiger partial charge in [0.05, 0.1) is 0 Å². The molecule has 1 atom stereocenters. The molecule has 4 nitrogen and oxygen atoms in total. The summed E-state index contributed by atoms with van der Waals surface area (Å²) < 4.78 is 0. The van der Waals surface area contributed by atoms with Crippen molar-refractivity contribution < 1.29 is 9.59 Å². The topological polar surface area (TPSA) is 63.4 Å². The molecule has 0 spiro atoms. The number of carbonyl (C=O) groups is 2. The highest BCUT2D eigenvalue weighted by atomic mass is 16.1. The summed E-state index contributed by atoms with van der Waals surface area (Å²) >= 11 is 0. The number of hydrogen-bond donors (Lipinski definition) is 1. The Morgan fingerprint density at radius 1 is 0.920 bits per heavy atom. The van der Waals surface area contributed by atoms with Crippen LogP contribution in [0.15, 0.2) is 0 Å². The summed E-state index contributed by atoms with van der Waals surface area (Å²) in [7, 11) is 1.50. The van der Waals surface area contributed by atoms with Crippen molar-refractivity contribution in [2.75, 3.05) is 20.1 Å². The molecule has 0 aromatic heterocycles. The van der Waals surface area contributed by atoms with Crippen LogP contribution >= 0.6 is 0 Å². The van der Waals surface area contributed by atoms with Crippen LogP contribution in [-0.2, 0) is 9.59 Å². The van der Waals surface area contributed by atoms with Gasteiger partial charge in [-0.25, -0.2) is 0 Å². The van der Waals surface area contributed by atoms with Crippen molar-refractivity contribution in [2.24, 2.45) is 11.7 Å². The standard InChI is InChI=1S/C8H13NO2.C6H12.3C2H6.CH5N/c1-7(11)4-8-2-3-9(5-8)6-10;1-2-4-6-5-3-1;4*1-2/h6,8H,2-5H2,1H3;1-6H2;3*1-2H3;2H2,1H3. The monoisotopic (exact) mass is 360 g/mol. The Bertz CT molecular complexity index is 231. The Morgan fingerprint density at radius 2 is 1.28 bits per heavy atom. The predicted molar refractivity (Wildman–Crippen MR) is 113 cm³/mol. The van der Waals surface area contributed by atoms with Crippen LogP contribution in [0.4, 0.5) is 0 Å². The van der Waals surface area contributed by atoms with Crippen molar-refractivity contribution >= 4 is 12.2 Å². The van der Waals surface area contributed by atoms with Crippen molar-refractivity contribution in [1.82, 2.24) is 4.90 Å². The van der Waals surface area contributed by atoms with Crippen LogP contribution in [-0.4, -0.2) is 37.2 Å². The number of rotatable bonds is 3. The van der Waals surface area contributed by atoms with E-state index < -0.39 is 0 Å². The van der Waals surface area contributed by atoms with Crippen molar-refractivity contribution in [1.29, 1.82) is 0 Å². The van der Waals surface area contributed by atoms with Crippen LogP contribution in [0.5, 0.6) is 0 Å². The van der Waals surface area contributed by atoms with Gasteiger partial charge in [0.25, 0.3) is 0 Å². The normalized spacial score (nSPS) is 17.2. The van der Waals surface area contributed by atoms with E-state index >= 15 is 0 Å². The number of nitrogens with zero attached hydrogens (tertiary/aromatic N) is 1. The summed E-state index contributed by atoms with van der Waals surface area (Å²) in [5, 5.41) is 0. The Kier molecular flexibility index (Phi) is 39.4. The minimum Gasteiger partial charge on any atom is -0.345 e. The maximum atomic E-state index is 10.7. The third-order valence-corrected chi connectivity index (χ3v) is 3.54. The van der Waals surface area contributed by atoms with Crippen molar-refractivity contribution in [2.45, 2.75) is 99.8 Å². The fourth-order valence-corrected chi connectivity index (χ4v) is 2.59. The van der Waals surface area contributed by atoms with Crippen molar-refractivity contribution in [3.8, 4) is 0 Å². The lowest BCUT2D eigenvalue weighted by Crippen LogP contribution is -2.18. The molecular weight excluding hydrogens is 312 g/mol. The van der Waals surface area contributed by atoms with Gasteiger partial charge in [0.15, 0.2) is 0 Å². The molecule has 2 aliphatic rings. The van der Waals surface area contributed by atoms with Gasteiger partial charge in [-0.15, -0.1) is 0 Å². The molecule has 4 heteroatoms. The number of ketones is 1. The van der Waals surface area contributed by atoms with E-state index in [0.29, 0.717) is 12.3 Å². The van der Waals surface area contributed by atoms with E-state index in [4.69, 9.17) is 0 Å². The highest BCUT2D eigenvalue weighted by molar-refractivity contribution is 5.75. The molecule has 1 aliphatic heterocycles. The lowest BCUT2D eigenvalue weighted by atomic mass is 10.0. The Hall–Kier alpha value is -0.900. The molecule has 0 bridgehead atoms. The molecule has 2 fully saturated rings. The second-order valence-corrected chi connectivity index (χ2v) is 5.28. The van der Waals surface area contributed by atoms with Crippen LogP contribution < -0.4 is 5.73 Å². The molecule has 1 aliphatic carbocycles. The minimum absolute atomic E-state index is 0.225. The molecule has 1 amide bonds. The first-order valence-corrected chi connectivity index (χ1v) is 10.5. The zero-order chi connectivity index (χ0) is 20.5. The molecule has 0 aromatic rings. The van der Waals surface area contributed by atoms with E-state index in [-0.39, 0.29) is 5.78 Å². The molecule has 1 heterocycles. The summed E-state index contributed by atoms with van der Waals surface area (Å²) in [5.74, 6) is 0.639. The molecule has 2 rings (SSSR count). The van der Waals surface area contributed by atoms with Crippen molar-refractivity contribution in [3.05, 3.63) is 0 Å². The average Bonchev–Trinajstić information content (AvgIpc) is 3.17. The third-order valence-electron chi connectivity index (χ3n) is 3.54. The minimum atomic E-state index is 0.225. The average molecular weight is 361 g/mol. The number of likely N-dealkylation sites (tertiary alicyclic amines) is 1. The fourth-order valence-electron chi connectivity index (χ4n) is 2.59. The smallest absolute Gasteiger partial charge is 0.209 e. The second kappa shape index (κ2) is 30.9. The SMILES string of the molecule is C1CCCCC1.CC.CC.CC.CC(=O)CC1CCN(C=O)C1.CN. The van der Waals surface area contributed by atoms with Crippen LogP contribution in [0.1, 0.15) is 99.8 Å². The van der Waals surface area contributed by atoms with Gasteiger partial charge in [-0.2, -0.15) is 0 Å². The number of amides is 1. The summed E-state index contributed by atoms with van der Waals surface area (Å²) in [6.45, 7) is 15.2. The predicted octanol–water partition coefficient (Wildman–Crippen LogP) is 5.44. The molecule has 1 saturated carbocycles. The summed E-state index contributed by atoms with van der Waals surface area (Å²) in [6, 6.07) is 0. The van der Waals surface area contributed by atoms with Gasteiger partial charge in [0, 0.05) is 19.5 Å². The van der Waals surface area contributed by atoms with Gasteiger partial charge in [-0.1, -0.05) is 80.1 Å². The molecule has 154 valence electrons. The molecule has 2 N–H and O–H groups in total. The number of carbonyl (C=O) groups excluding carboxylic acids is 2. The van der Waals surface area contributed by atoms with E-state index in [9.17, 15) is 9.59 Å². The van der Waals surface area contributed by atoms with E-state index in [2.05, 4.69) is 5.73 Å². The van der Waals surface area contributed by atoms with E-state index in [0.717, 1.165) is 25.9 Å². The third kappa shape index (κ3) is 25.5. The summed E-state index contributed by atoms with van der Waals surface area (Å²) in [5.41, 5.74) is 4.50. The second-order valence-electron chi connectivity index (χ2n) is 5.28. The Balaban J connectivity index is -0.000000134. The highest BCUT2D eigenvalue weighted by Crippen LogP contribution is 2.18. The molecule has 1 unspecified atom stereocenters. The van der Waals surface area contributed by atoms with Gasteiger partial charge in [0.2, 0.25) is 6.41 Å². The zero-order valence-corrected chi connectivity index (χ0v) is 18.6. The van der Waals surface area contributed by atoms with E-state index in [1.54, 1.807) is 11.8 Å². The number of Topliss-reactive ketones (excluding diaryl/α,β-unsaturated/α-hetero) is 1. The van der Waals surface area contributed by atoms with Gasteiger partial charge < -0.3 is 15.4 Å². The highest BCUT2D eigenvalue weighted by Gasteiger charge is 2.21. The maximum Gasteiger partial charge on any atom is 0.209 e. The Morgan fingerprint density at radius 3 is 1.52 bits per heavy atom. The molecule has 1 saturated heterocycles. The van der Waals surface area contributed by atoms with Crippen molar-refractivity contribution in [3.63, 3.8) is 0 Å². The lowest BCUT2D eigenvalue weighted by Gasteiger charge is -2.07. The van der Waals surface area contributed by atoms with Gasteiger partial charge in [-0.3, -0.25) is 4.79 Å². The first-order chi connectivity index (χ1) is 12.2. The first-order valence-electron chi connectivity index (χ1n) is 10.5. The quantitative estimate of drug-likeness (QED) is 0.682. The van der Waals surface area contributed by atoms with E-state index in [1.807, 2.05) is 41.5 Å². The van der Waals surface area contributed by atoms with Crippen LogP contribution in [0, 0.1) is 5.92 Å². The van der Waals surface area contributed by atoms with Crippen LogP contribution in [0.2, 0.25) is 0 Å². The zero-order valence-electron chi connectivity index (χ0n) is 18.6. The largest absolute Gasteiger partial charge is 0.345 e. The van der Waals surface area contributed by atoms with Gasteiger partial charge >= 0.3 is 0 Å². The Labute approximate surface area is 158 Å². The first kappa shape index (κ1) is 31.8. The van der Waals surface area contributed by atoms with E-state index in [1.165, 1.54) is 45.6 Å². The summed E-state index contributed by atoms with van der Waals surface area (Å²) in [6.07, 6.45) is 11.5. The van der Waals surface area contributed by atoms with Crippen LogP contribution in [0.25, 0.3) is 0 Å². The van der Waals surface area contributed by atoms with Crippen LogP contribution in [0.3, 0.4) is 0 Å². The molecule has 25 heavy (non-hydrogen) atoms. The molecule has 0 aromatic carbocycles. The lowest BCUT2D eigenvalue weighted by molar-refractivity contribution is -0.119. The molecule has 0 radical (unpaired) electrons.